The van der Waals surface area contributed by atoms with Gasteiger partial charge in [0.15, 0.2) is 0 Å². The summed E-state index contributed by atoms with van der Waals surface area (Å²) < 4.78 is 0. The van der Waals surface area contributed by atoms with Crippen LogP contribution in [-0.4, -0.2) is 23.1 Å². The van der Waals surface area contributed by atoms with E-state index in [0.29, 0.717) is 6.42 Å². The molecular formula is C18H22N4O. The van der Waals surface area contributed by atoms with E-state index in [4.69, 9.17) is 5.73 Å². The minimum atomic E-state index is -0.935. The van der Waals surface area contributed by atoms with E-state index in [9.17, 15) is 4.79 Å². The Bertz CT molecular complexity index is 680. The fourth-order valence-corrected chi connectivity index (χ4v) is 2.89. The van der Waals surface area contributed by atoms with Crippen LogP contribution in [0.15, 0.2) is 48.8 Å². The molecule has 4 N–H and O–H groups in total. The molecule has 2 heterocycles. The number of nitrogens with zero attached hydrogens (tertiary/aromatic N) is 1. The molecule has 5 heteroatoms. The molecule has 1 saturated heterocycles. The number of aromatic nitrogens is 1. The third-order valence-corrected chi connectivity index (χ3v) is 4.32. The van der Waals surface area contributed by atoms with Crippen molar-refractivity contribution in [3.05, 3.63) is 54.4 Å². The van der Waals surface area contributed by atoms with Gasteiger partial charge >= 0.3 is 0 Å². The van der Waals surface area contributed by atoms with Gasteiger partial charge in [0.2, 0.25) is 0 Å². The average Bonchev–Trinajstić information content (AvgIpc) is 3.04. The van der Waals surface area contributed by atoms with Gasteiger partial charge in [-0.2, -0.15) is 0 Å². The fraction of sp³-hybridized carbons (Fsp3) is 0.333. The number of carbonyl (C=O) groups is 1. The number of amides is 1. The predicted molar refractivity (Wildman–Crippen MR) is 90.4 cm³/mol. The molecule has 120 valence electrons. The van der Waals surface area contributed by atoms with Gasteiger partial charge in [-0.3, -0.25) is 15.1 Å². The number of nitrogens with two attached hydrogens (primary N) is 1. The predicted octanol–water partition coefficient (Wildman–Crippen LogP) is 1.96. The minimum absolute atomic E-state index is 0.109. The smallest absolute Gasteiger partial charge is 0.255 e. The number of hydrogen-bond acceptors (Lipinski definition) is 4. The molecule has 0 spiro atoms. The Hall–Kier alpha value is -2.24. The van der Waals surface area contributed by atoms with Crippen molar-refractivity contribution in [2.45, 2.75) is 31.5 Å². The zero-order chi connectivity index (χ0) is 16.3. The summed E-state index contributed by atoms with van der Waals surface area (Å²) in [5, 5.41) is 6.10. The van der Waals surface area contributed by atoms with E-state index in [0.717, 1.165) is 29.7 Å². The molecule has 1 aromatic heterocycles. The standard InChI is InChI=1S/C18H22N4O/c1-13(22-17(23)18(19)8-4-10-21-18)14-5-2-6-15(11-14)16-7-3-9-20-12-16/h2-3,5-7,9,11-13,21H,4,8,10,19H2,1H3,(H,22,23)/t13-,18+/m0/s1. The summed E-state index contributed by atoms with van der Waals surface area (Å²) in [7, 11) is 0. The number of nitrogens with one attached hydrogen (secondary N) is 2. The van der Waals surface area contributed by atoms with E-state index >= 15 is 0 Å². The maximum Gasteiger partial charge on any atom is 0.255 e. The summed E-state index contributed by atoms with van der Waals surface area (Å²) in [5.41, 5.74) is 8.36. The minimum Gasteiger partial charge on any atom is -0.347 e. The van der Waals surface area contributed by atoms with E-state index in [2.05, 4.69) is 21.7 Å². The molecule has 1 aliphatic heterocycles. The van der Waals surface area contributed by atoms with Crippen LogP contribution in [0.4, 0.5) is 0 Å². The second-order valence-electron chi connectivity index (χ2n) is 6.06. The molecular weight excluding hydrogens is 288 g/mol. The third-order valence-electron chi connectivity index (χ3n) is 4.32. The molecule has 2 atom stereocenters. The van der Waals surface area contributed by atoms with Gasteiger partial charge in [0, 0.05) is 12.4 Å². The van der Waals surface area contributed by atoms with Crippen molar-refractivity contribution >= 4 is 5.91 Å². The summed E-state index contributed by atoms with van der Waals surface area (Å²) in [5.74, 6) is -0.144. The van der Waals surface area contributed by atoms with Gasteiger partial charge in [0.1, 0.15) is 5.66 Å². The Labute approximate surface area is 136 Å². The summed E-state index contributed by atoms with van der Waals surface area (Å²) in [4.78, 5) is 16.5. The Kier molecular flexibility index (Phi) is 4.41. The zero-order valence-electron chi connectivity index (χ0n) is 13.3. The molecule has 23 heavy (non-hydrogen) atoms. The van der Waals surface area contributed by atoms with Crippen molar-refractivity contribution in [3.8, 4) is 11.1 Å². The van der Waals surface area contributed by atoms with E-state index in [-0.39, 0.29) is 11.9 Å². The molecule has 0 radical (unpaired) electrons. The molecule has 0 aliphatic carbocycles. The quantitative estimate of drug-likeness (QED) is 0.806. The largest absolute Gasteiger partial charge is 0.347 e. The van der Waals surface area contributed by atoms with Crippen LogP contribution < -0.4 is 16.4 Å². The maximum atomic E-state index is 12.4. The molecule has 0 saturated carbocycles. The first-order valence-corrected chi connectivity index (χ1v) is 7.94. The van der Waals surface area contributed by atoms with Gasteiger partial charge in [-0.25, -0.2) is 0 Å². The lowest BCUT2D eigenvalue weighted by molar-refractivity contribution is -0.127. The number of pyridine rings is 1. The van der Waals surface area contributed by atoms with Gasteiger partial charge in [0.25, 0.3) is 5.91 Å². The van der Waals surface area contributed by atoms with Gasteiger partial charge in [-0.1, -0.05) is 24.3 Å². The Balaban J connectivity index is 1.75. The van der Waals surface area contributed by atoms with Crippen molar-refractivity contribution in [2.75, 3.05) is 6.54 Å². The first-order valence-electron chi connectivity index (χ1n) is 7.94. The van der Waals surface area contributed by atoms with E-state index in [1.165, 1.54) is 0 Å². The van der Waals surface area contributed by atoms with Crippen molar-refractivity contribution in [1.82, 2.24) is 15.6 Å². The van der Waals surface area contributed by atoms with Crippen LogP contribution in [0.3, 0.4) is 0 Å². The van der Waals surface area contributed by atoms with Crippen molar-refractivity contribution < 1.29 is 4.79 Å². The molecule has 3 rings (SSSR count). The summed E-state index contributed by atoms with van der Waals surface area (Å²) in [6, 6.07) is 11.9. The normalized spacial score (nSPS) is 21.8. The van der Waals surface area contributed by atoms with Crippen molar-refractivity contribution in [3.63, 3.8) is 0 Å². The second kappa shape index (κ2) is 6.48. The zero-order valence-corrected chi connectivity index (χ0v) is 13.3. The molecule has 2 aromatic rings. The van der Waals surface area contributed by atoms with Crippen LogP contribution in [0, 0.1) is 0 Å². The van der Waals surface area contributed by atoms with Crippen LogP contribution in [0.2, 0.25) is 0 Å². The highest BCUT2D eigenvalue weighted by atomic mass is 16.2. The first-order chi connectivity index (χ1) is 11.1. The SMILES string of the molecule is C[C@H](NC(=O)[C@@]1(N)CCCN1)c1cccc(-c2cccnc2)c1. The second-order valence-corrected chi connectivity index (χ2v) is 6.06. The highest BCUT2D eigenvalue weighted by Crippen LogP contribution is 2.23. The lowest BCUT2D eigenvalue weighted by Crippen LogP contribution is -2.60. The van der Waals surface area contributed by atoms with Gasteiger partial charge in [0.05, 0.1) is 6.04 Å². The van der Waals surface area contributed by atoms with Crippen molar-refractivity contribution in [2.24, 2.45) is 5.73 Å². The van der Waals surface area contributed by atoms with Gasteiger partial charge in [-0.05, 0) is 55.1 Å². The lowest BCUT2D eigenvalue weighted by Gasteiger charge is -2.25. The van der Waals surface area contributed by atoms with E-state index < -0.39 is 5.66 Å². The van der Waals surface area contributed by atoms with Gasteiger partial charge in [-0.15, -0.1) is 0 Å². The summed E-state index contributed by atoms with van der Waals surface area (Å²) >= 11 is 0. The van der Waals surface area contributed by atoms with Crippen molar-refractivity contribution in [1.29, 1.82) is 0 Å². The lowest BCUT2D eigenvalue weighted by atomic mass is 10.0. The molecule has 0 bridgehead atoms. The van der Waals surface area contributed by atoms with Crippen LogP contribution in [0.25, 0.3) is 11.1 Å². The highest BCUT2D eigenvalue weighted by Gasteiger charge is 2.37. The Morgan fingerprint density at radius 2 is 2.17 bits per heavy atom. The third kappa shape index (κ3) is 3.41. The van der Waals surface area contributed by atoms with Crippen LogP contribution >= 0.6 is 0 Å². The fourth-order valence-electron chi connectivity index (χ4n) is 2.89. The number of hydrogen-bond donors (Lipinski definition) is 3. The van der Waals surface area contributed by atoms with Crippen LogP contribution in [0.1, 0.15) is 31.4 Å². The molecule has 1 fully saturated rings. The van der Waals surface area contributed by atoms with Gasteiger partial charge < -0.3 is 11.1 Å². The molecule has 1 aromatic carbocycles. The van der Waals surface area contributed by atoms with E-state index in [1.807, 2.05) is 43.5 Å². The maximum absolute atomic E-state index is 12.4. The van der Waals surface area contributed by atoms with E-state index in [1.54, 1.807) is 6.20 Å². The van der Waals surface area contributed by atoms with Crippen LogP contribution in [0.5, 0.6) is 0 Å². The topological polar surface area (TPSA) is 80.0 Å². The monoisotopic (exact) mass is 310 g/mol. The summed E-state index contributed by atoms with van der Waals surface area (Å²) in [6.45, 7) is 2.76. The van der Waals surface area contributed by atoms with Crippen LogP contribution in [-0.2, 0) is 4.79 Å². The first kappa shape index (κ1) is 15.6. The number of carbonyl (C=O) groups excluding carboxylic acids is 1. The Morgan fingerprint density at radius 1 is 1.35 bits per heavy atom. The number of benzene rings is 1. The Morgan fingerprint density at radius 3 is 2.87 bits per heavy atom. The molecule has 1 amide bonds. The average molecular weight is 310 g/mol. The summed E-state index contributed by atoms with van der Waals surface area (Å²) in [6.07, 6.45) is 5.18. The highest BCUT2D eigenvalue weighted by molar-refractivity contribution is 5.86. The molecule has 1 aliphatic rings. The number of rotatable bonds is 4. The molecule has 5 nitrogen and oxygen atoms in total. The molecule has 0 unspecified atom stereocenters.